The van der Waals surface area contributed by atoms with E-state index in [4.69, 9.17) is 16.3 Å². The van der Waals surface area contributed by atoms with Crippen molar-refractivity contribution in [1.29, 1.82) is 0 Å². The molecule has 0 heterocycles. The highest BCUT2D eigenvalue weighted by Crippen LogP contribution is 2.26. The number of ether oxygens (including phenoxy) is 1. The van der Waals surface area contributed by atoms with Crippen molar-refractivity contribution in [3.05, 3.63) is 63.7 Å². The zero-order valence-corrected chi connectivity index (χ0v) is 19.9. The Balaban J connectivity index is 2.15. The van der Waals surface area contributed by atoms with Crippen molar-refractivity contribution in [1.82, 2.24) is 10.2 Å². The molecule has 168 valence electrons. The van der Waals surface area contributed by atoms with Gasteiger partial charge in [0.1, 0.15) is 11.8 Å². The van der Waals surface area contributed by atoms with Crippen LogP contribution in [0.5, 0.6) is 5.75 Å². The highest BCUT2D eigenvalue weighted by atomic mass is 35.5. The largest absolute Gasteiger partial charge is 0.484 e. The Morgan fingerprint density at radius 3 is 2.42 bits per heavy atom. The van der Waals surface area contributed by atoms with Crippen LogP contribution in [0.3, 0.4) is 0 Å². The van der Waals surface area contributed by atoms with Gasteiger partial charge in [-0.25, -0.2) is 0 Å². The van der Waals surface area contributed by atoms with Crippen LogP contribution in [-0.2, 0) is 16.1 Å². The van der Waals surface area contributed by atoms with Gasteiger partial charge in [0.25, 0.3) is 5.91 Å². The topological polar surface area (TPSA) is 58.6 Å². The lowest BCUT2D eigenvalue weighted by atomic mass is 10.1. The lowest BCUT2D eigenvalue weighted by Crippen LogP contribution is -2.49. The van der Waals surface area contributed by atoms with Crippen molar-refractivity contribution >= 4 is 23.4 Å². The van der Waals surface area contributed by atoms with Gasteiger partial charge in [-0.05, 0) is 62.9 Å². The lowest BCUT2D eigenvalue weighted by molar-refractivity contribution is -0.142. The molecule has 0 aliphatic carbocycles. The van der Waals surface area contributed by atoms with Crippen molar-refractivity contribution in [3.63, 3.8) is 0 Å². The fourth-order valence-electron chi connectivity index (χ4n) is 3.34. The quantitative estimate of drug-likeness (QED) is 0.526. The Bertz CT molecular complexity index is 890. The van der Waals surface area contributed by atoms with Gasteiger partial charge in [-0.15, -0.1) is 0 Å². The molecule has 0 saturated heterocycles. The normalized spacial score (nSPS) is 11.7. The van der Waals surface area contributed by atoms with Gasteiger partial charge < -0.3 is 15.0 Å². The van der Waals surface area contributed by atoms with Gasteiger partial charge in [0, 0.05) is 18.1 Å². The second-order valence-corrected chi connectivity index (χ2v) is 8.37. The molecule has 0 aliphatic rings. The minimum Gasteiger partial charge on any atom is -0.484 e. The fourth-order valence-corrected chi connectivity index (χ4v) is 3.45. The maximum absolute atomic E-state index is 13.1. The summed E-state index contributed by atoms with van der Waals surface area (Å²) in [5.41, 5.74) is 3.86. The van der Waals surface area contributed by atoms with Crippen LogP contribution in [0.4, 0.5) is 0 Å². The molecule has 0 fully saturated rings. The summed E-state index contributed by atoms with van der Waals surface area (Å²) in [6.45, 7) is 10.4. The van der Waals surface area contributed by atoms with Crippen molar-refractivity contribution < 1.29 is 14.3 Å². The number of unbranched alkanes of at least 4 members (excludes halogenated alkanes) is 1. The summed E-state index contributed by atoms with van der Waals surface area (Å²) in [6, 6.07) is 11.0. The smallest absolute Gasteiger partial charge is 0.261 e. The van der Waals surface area contributed by atoms with E-state index >= 15 is 0 Å². The van der Waals surface area contributed by atoms with Gasteiger partial charge in [0.2, 0.25) is 5.91 Å². The second-order valence-electron chi connectivity index (χ2n) is 7.99. The van der Waals surface area contributed by atoms with Crippen LogP contribution in [0.1, 0.15) is 48.9 Å². The molecule has 5 nitrogen and oxygen atoms in total. The maximum atomic E-state index is 13.1. The van der Waals surface area contributed by atoms with Crippen LogP contribution in [-0.4, -0.2) is 35.9 Å². The number of aryl methyl sites for hydroxylation is 3. The fraction of sp³-hybridized carbons (Fsp3) is 0.440. The number of carbonyl (C=O) groups excluding carboxylic acids is 2. The van der Waals surface area contributed by atoms with Crippen LogP contribution >= 0.6 is 11.6 Å². The number of hydrogen-bond acceptors (Lipinski definition) is 3. The van der Waals surface area contributed by atoms with E-state index in [1.165, 1.54) is 0 Å². The van der Waals surface area contributed by atoms with E-state index in [2.05, 4.69) is 12.2 Å². The van der Waals surface area contributed by atoms with E-state index in [9.17, 15) is 9.59 Å². The number of rotatable bonds is 10. The Hall–Kier alpha value is -2.53. The van der Waals surface area contributed by atoms with Gasteiger partial charge in [-0.3, -0.25) is 9.59 Å². The summed E-state index contributed by atoms with van der Waals surface area (Å²) in [5.74, 6) is 0.181. The Labute approximate surface area is 190 Å². The van der Waals surface area contributed by atoms with Crippen LogP contribution in [0.15, 0.2) is 36.4 Å². The number of hydrogen-bond donors (Lipinski definition) is 1. The molecule has 6 heteroatoms. The number of nitrogens with zero attached hydrogens (tertiary/aromatic N) is 1. The Kier molecular flexibility index (Phi) is 9.38. The molecule has 1 N–H and O–H groups in total. The number of benzene rings is 2. The Morgan fingerprint density at radius 2 is 1.81 bits per heavy atom. The molecule has 0 unspecified atom stereocenters. The second kappa shape index (κ2) is 11.8. The maximum Gasteiger partial charge on any atom is 0.261 e. The van der Waals surface area contributed by atoms with E-state index in [0.717, 1.165) is 35.1 Å². The third kappa shape index (κ3) is 7.28. The van der Waals surface area contributed by atoms with E-state index < -0.39 is 6.04 Å². The molecule has 2 aromatic carbocycles. The first-order valence-corrected chi connectivity index (χ1v) is 11.1. The lowest BCUT2D eigenvalue weighted by Gasteiger charge is -2.29. The van der Waals surface area contributed by atoms with Crippen molar-refractivity contribution in [2.75, 3.05) is 13.2 Å². The van der Waals surface area contributed by atoms with Gasteiger partial charge in [0.15, 0.2) is 6.61 Å². The Morgan fingerprint density at radius 1 is 1.13 bits per heavy atom. The van der Waals surface area contributed by atoms with Gasteiger partial charge in [-0.1, -0.05) is 54.8 Å². The van der Waals surface area contributed by atoms with Crippen LogP contribution in [0.2, 0.25) is 5.02 Å². The third-order valence-electron chi connectivity index (χ3n) is 5.20. The molecule has 0 spiro atoms. The van der Waals surface area contributed by atoms with E-state index in [1.807, 2.05) is 57.2 Å². The molecule has 2 amide bonds. The summed E-state index contributed by atoms with van der Waals surface area (Å²) in [5, 5.41) is 3.61. The molecular weight excluding hydrogens is 412 g/mol. The molecule has 0 bridgehead atoms. The molecule has 0 saturated carbocycles. The van der Waals surface area contributed by atoms with Crippen molar-refractivity contribution in [3.8, 4) is 5.75 Å². The average Bonchev–Trinajstić information content (AvgIpc) is 2.73. The average molecular weight is 445 g/mol. The summed E-state index contributed by atoms with van der Waals surface area (Å²) in [6.07, 6.45) is 1.90. The molecule has 2 rings (SSSR count). The summed E-state index contributed by atoms with van der Waals surface area (Å²) in [4.78, 5) is 27.3. The highest BCUT2D eigenvalue weighted by molar-refractivity contribution is 6.32. The number of amides is 2. The van der Waals surface area contributed by atoms with Gasteiger partial charge in [-0.2, -0.15) is 0 Å². The minimum absolute atomic E-state index is 0.154. The summed E-state index contributed by atoms with van der Waals surface area (Å²) in [7, 11) is 0. The van der Waals surface area contributed by atoms with Gasteiger partial charge >= 0.3 is 0 Å². The molecular formula is C25H33ClN2O3. The molecule has 31 heavy (non-hydrogen) atoms. The standard InChI is InChI=1S/C25H33ClN2O3/c1-6-7-11-27-25(30)20(5)28(15-21-10-8-9-17(2)12-21)23(29)16-31-22-13-18(3)24(26)19(4)14-22/h8-10,12-14,20H,6-7,11,15-16H2,1-5H3,(H,27,30)/t20-/m1/s1. The summed E-state index contributed by atoms with van der Waals surface area (Å²) < 4.78 is 5.77. The molecule has 1 atom stereocenters. The third-order valence-corrected chi connectivity index (χ3v) is 5.80. The zero-order valence-electron chi connectivity index (χ0n) is 19.1. The predicted octanol–water partition coefficient (Wildman–Crippen LogP) is 4.98. The van der Waals surface area contributed by atoms with E-state index in [1.54, 1.807) is 11.8 Å². The van der Waals surface area contributed by atoms with Crippen LogP contribution in [0, 0.1) is 20.8 Å². The van der Waals surface area contributed by atoms with Gasteiger partial charge in [0.05, 0.1) is 0 Å². The SMILES string of the molecule is CCCCNC(=O)[C@@H](C)N(Cc1cccc(C)c1)C(=O)COc1cc(C)c(Cl)c(C)c1. The first-order valence-electron chi connectivity index (χ1n) is 10.7. The summed E-state index contributed by atoms with van der Waals surface area (Å²) >= 11 is 6.22. The first-order chi connectivity index (χ1) is 14.7. The molecule has 2 aromatic rings. The van der Waals surface area contributed by atoms with Crippen LogP contribution < -0.4 is 10.1 Å². The molecule has 0 aromatic heterocycles. The number of halogens is 1. The minimum atomic E-state index is -0.609. The number of nitrogens with one attached hydrogen (secondary N) is 1. The number of carbonyl (C=O) groups is 2. The molecule has 0 radical (unpaired) electrons. The highest BCUT2D eigenvalue weighted by Gasteiger charge is 2.26. The predicted molar refractivity (Wildman–Crippen MR) is 126 cm³/mol. The zero-order chi connectivity index (χ0) is 23.0. The molecule has 0 aliphatic heterocycles. The van der Waals surface area contributed by atoms with E-state index in [-0.39, 0.29) is 18.4 Å². The van der Waals surface area contributed by atoms with E-state index in [0.29, 0.717) is 23.9 Å². The monoisotopic (exact) mass is 444 g/mol. The van der Waals surface area contributed by atoms with Crippen molar-refractivity contribution in [2.24, 2.45) is 0 Å². The van der Waals surface area contributed by atoms with Crippen molar-refractivity contribution in [2.45, 2.75) is 60.0 Å². The first kappa shape index (κ1) is 24.7. The van der Waals surface area contributed by atoms with Crippen LogP contribution in [0.25, 0.3) is 0 Å².